The van der Waals surface area contributed by atoms with E-state index in [1.165, 1.54) is 23.7 Å². The highest BCUT2D eigenvalue weighted by Gasteiger charge is 2.33. The maximum Gasteiger partial charge on any atom is 0.435 e. The zero-order valence-corrected chi connectivity index (χ0v) is 14.7. The van der Waals surface area contributed by atoms with E-state index in [2.05, 4.69) is 15.7 Å². The van der Waals surface area contributed by atoms with E-state index < -0.39 is 11.9 Å². The molecule has 5 nitrogen and oxygen atoms in total. The Morgan fingerprint density at radius 1 is 1.19 bits per heavy atom. The quantitative estimate of drug-likeness (QED) is 0.766. The molecule has 0 aliphatic heterocycles. The first kappa shape index (κ1) is 20.3. The van der Waals surface area contributed by atoms with Crippen LogP contribution in [-0.4, -0.2) is 28.8 Å². The van der Waals surface area contributed by atoms with Crippen molar-refractivity contribution in [2.45, 2.75) is 25.6 Å². The zero-order valence-electron chi connectivity index (χ0n) is 13.9. The Morgan fingerprint density at radius 2 is 1.88 bits per heavy atom. The highest BCUT2D eigenvalue weighted by Crippen LogP contribution is 2.28. The van der Waals surface area contributed by atoms with Crippen LogP contribution < -0.4 is 10.6 Å². The van der Waals surface area contributed by atoms with E-state index in [4.69, 9.17) is 0 Å². The molecule has 1 aliphatic rings. The lowest BCUT2D eigenvalue weighted by molar-refractivity contribution is -0.141. The van der Waals surface area contributed by atoms with Crippen molar-refractivity contribution >= 4 is 18.3 Å². The van der Waals surface area contributed by atoms with Crippen LogP contribution in [-0.2, 0) is 17.5 Å². The third-order valence-electron chi connectivity index (χ3n) is 3.99. The summed E-state index contributed by atoms with van der Waals surface area (Å²) in [5, 5.41) is 9.44. The number of carbonyl (C=O) groups is 1. The SMILES string of the molecule is Cl.O=C(CNCC1CC1)NCc1ccc(-n2ccc(C(F)(F)F)n2)cc1. The van der Waals surface area contributed by atoms with Gasteiger partial charge in [-0.1, -0.05) is 12.1 Å². The van der Waals surface area contributed by atoms with Crippen LogP contribution in [0.15, 0.2) is 36.5 Å². The molecular weight excluding hydrogens is 369 g/mol. The average molecular weight is 389 g/mol. The number of aromatic nitrogens is 2. The molecule has 1 aliphatic carbocycles. The normalized spacial score (nSPS) is 14.0. The minimum Gasteiger partial charge on any atom is -0.351 e. The van der Waals surface area contributed by atoms with Crippen LogP contribution in [0.25, 0.3) is 5.69 Å². The Balaban J connectivity index is 0.00000243. The lowest BCUT2D eigenvalue weighted by Crippen LogP contribution is -2.34. The van der Waals surface area contributed by atoms with Gasteiger partial charge in [-0.05, 0) is 49.1 Å². The van der Waals surface area contributed by atoms with E-state index in [1.54, 1.807) is 24.3 Å². The van der Waals surface area contributed by atoms with Crippen LogP contribution in [0.4, 0.5) is 13.2 Å². The highest BCUT2D eigenvalue weighted by atomic mass is 35.5. The molecule has 0 bridgehead atoms. The summed E-state index contributed by atoms with van der Waals surface area (Å²) in [6, 6.07) is 7.77. The topological polar surface area (TPSA) is 59.0 Å². The molecule has 1 saturated carbocycles. The number of carbonyl (C=O) groups excluding carboxylic acids is 1. The van der Waals surface area contributed by atoms with Crippen molar-refractivity contribution in [3.63, 3.8) is 0 Å². The Morgan fingerprint density at radius 3 is 2.46 bits per heavy atom. The van der Waals surface area contributed by atoms with Gasteiger partial charge in [0.05, 0.1) is 12.2 Å². The fraction of sp³-hybridized carbons (Fsp3) is 0.412. The van der Waals surface area contributed by atoms with Crippen molar-refractivity contribution in [2.75, 3.05) is 13.1 Å². The summed E-state index contributed by atoms with van der Waals surface area (Å²) in [5.74, 6) is 0.645. The maximum absolute atomic E-state index is 12.6. The molecule has 9 heteroatoms. The van der Waals surface area contributed by atoms with E-state index in [9.17, 15) is 18.0 Å². The number of rotatable bonds is 7. The monoisotopic (exact) mass is 388 g/mol. The molecule has 0 radical (unpaired) electrons. The lowest BCUT2D eigenvalue weighted by Gasteiger charge is -2.08. The first-order chi connectivity index (χ1) is 11.9. The van der Waals surface area contributed by atoms with Gasteiger partial charge in [-0.3, -0.25) is 4.79 Å². The number of hydrogen-bond donors (Lipinski definition) is 2. The number of benzene rings is 1. The second-order valence-corrected chi connectivity index (χ2v) is 6.16. The van der Waals surface area contributed by atoms with Gasteiger partial charge < -0.3 is 10.6 Å². The molecule has 0 spiro atoms. The largest absolute Gasteiger partial charge is 0.435 e. The Labute approximate surface area is 155 Å². The van der Waals surface area contributed by atoms with Gasteiger partial charge in [0.2, 0.25) is 5.91 Å². The van der Waals surface area contributed by atoms with E-state index in [0.29, 0.717) is 18.8 Å². The Hall–Kier alpha value is -2.06. The third-order valence-corrected chi connectivity index (χ3v) is 3.99. The smallest absolute Gasteiger partial charge is 0.351 e. The van der Waals surface area contributed by atoms with Crippen molar-refractivity contribution in [3.8, 4) is 5.69 Å². The van der Waals surface area contributed by atoms with Crippen LogP contribution in [0.2, 0.25) is 0 Å². The van der Waals surface area contributed by atoms with E-state index >= 15 is 0 Å². The second-order valence-electron chi connectivity index (χ2n) is 6.16. The molecular formula is C17H20ClF3N4O. The first-order valence-electron chi connectivity index (χ1n) is 8.11. The molecule has 0 atom stereocenters. The summed E-state index contributed by atoms with van der Waals surface area (Å²) >= 11 is 0. The van der Waals surface area contributed by atoms with Crippen LogP contribution in [0, 0.1) is 5.92 Å². The van der Waals surface area contributed by atoms with Gasteiger partial charge in [0, 0.05) is 12.7 Å². The summed E-state index contributed by atoms with van der Waals surface area (Å²) in [5.41, 5.74) is 0.460. The van der Waals surface area contributed by atoms with Gasteiger partial charge in [-0.15, -0.1) is 12.4 Å². The first-order valence-corrected chi connectivity index (χ1v) is 8.11. The number of hydrogen-bond acceptors (Lipinski definition) is 3. The lowest BCUT2D eigenvalue weighted by atomic mass is 10.2. The summed E-state index contributed by atoms with van der Waals surface area (Å²) in [6.07, 6.45) is -0.711. The predicted octanol–water partition coefficient (Wildman–Crippen LogP) is 2.93. The number of amides is 1. The van der Waals surface area contributed by atoms with E-state index in [-0.39, 0.29) is 18.3 Å². The Kier molecular flexibility index (Phi) is 6.66. The molecule has 3 rings (SSSR count). The standard InChI is InChI=1S/C17H19F3N4O.ClH/c18-17(19,20)15-7-8-24(23-15)14-5-3-13(4-6-14)10-22-16(25)11-21-9-12-1-2-12;/h3-8,12,21H,1-2,9-11H2,(H,22,25);1H. The van der Waals surface area contributed by atoms with Crippen LogP contribution >= 0.6 is 12.4 Å². The minimum atomic E-state index is -4.46. The maximum atomic E-state index is 12.6. The van der Waals surface area contributed by atoms with Crippen molar-refractivity contribution in [1.82, 2.24) is 20.4 Å². The van der Waals surface area contributed by atoms with Crippen molar-refractivity contribution < 1.29 is 18.0 Å². The van der Waals surface area contributed by atoms with Gasteiger partial charge in [0.25, 0.3) is 0 Å². The number of alkyl halides is 3. The fourth-order valence-electron chi connectivity index (χ4n) is 2.36. The molecule has 1 aromatic heterocycles. The van der Waals surface area contributed by atoms with Crippen molar-refractivity contribution in [2.24, 2.45) is 5.92 Å². The average Bonchev–Trinajstić information content (AvgIpc) is 3.24. The molecule has 2 N–H and O–H groups in total. The molecule has 0 saturated heterocycles. The molecule has 1 amide bonds. The van der Waals surface area contributed by atoms with Gasteiger partial charge in [-0.2, -0.15) is 18.3 Å². The molecule has 1 aromatic carbocycles. The Bertz CT molecular complexity index is 726. The summed E-state index contributed by atoms with van der Waals surface area (Å²) < 4.78 is 38.9. The second kappa shape index (κ2) is 8.55. The minimum absolute atomic E-state index is 0. The molecule has 142 valence electrons. The predicted molar refractivity (Wildman–Crippen MR) is 93.3 cm³/mol. The van der Waals surface area contributed by atoms with Crippen LogP contribution in [0.1, 0.15) is 24.1 Å². The number of halogens is 4. The summed E-state index contributed by atoms with van der Waals surface area (Å²) in [7, 11) is 0. The fourth-order valence-corrected chi connectivity index (χ4v) is 2.36. The number of nitrogens with one attached hydrogen (secondary N) is 2. The summed E-state index contributed by atoms with van der Waals surface area (Å²) in [6.45, 7) is 1.55. The molecule has 2 aromatic rings. The summed E-state index contributed by atoms with van der Waals surface area (Å²) in [4.78, 5) is 11.7. The van der Waals surface area contributed by atoms with Gasteiger partial charge in [0.15, 0.2) is 5.69 Å². The van der Waals surface area contributed by atoms with Gasteiger partial charge in [-0.25, -0.2) is 4.68 Å². The van der Waals surface area contributed by atoms with Gasteiger partial charge in [0.1, 0.15) is 0 Å². The molecule has 1 fully saturated rings. The zero-order chi connectivity index (χ0) is 17.9. The molecule has 1 heterocycles. The van der Waals surface area contributed by atoms with Crippen LogP contribution in [0.5, 0.6) is 0 Å². The molecule has 26 heavy (non-hydrogen) atoms. The van der Waals surface area contributed by atoms with Gasteiger partial charge >= 0.3 is 6.18 Å². The van der Waals surface area contributed by atoms with Crippen LogP contribution in [0.3, 0.4) is 0 Å². The highest BCUT2D eigenvalue weighted by molar-refractivity contribution is 5.85. The molecule has 0 unspecified atom stereocenters. The van der Waals surface area contributed by atoms with Crippen molar-refractivity contribution in [1.29, 1.82) is 0 Å². The van der Waals surface area contributed by atoms with E-state index in [0.717, 1.165) is 24.1 Å². The van der Waals surface area contributed by atoms with Crippen molar-refractivity contribution in [3.05, 3.63) is 47.8 Å². The van der Waals surface area contributed by atoms with E-state index in [1.807, 2.05) is 0 Å². The third kappa shape index (κ3) is 5.74. The number of nitrogens with zero attached hydrogens (tertiary/aromatic N) is 2.